The molecular formula is C18H21ClFN7. The highest BCUT2D eigenvalue weighted by Crippen LogP contribution is 2.20. The van der Waals surface area contributed by atoms with Crippen LogP contribution in [0.5, 0.6) is 0 Å². The molecule has 9 heteroatoms. The highest BCUT2D eigenvalue weighted by molar-refractivity contribution is 6.31. The molecule has 2 rings (SSSR count). The fraction of sp³-hybridized carbons (Fsp3) is 0.167. The minimum atomic E-state index is -0.498. The third kappa shape index (κ3) is 6.36. The van der Waals surface area contributed by atoms with Gasteiger partial charge in [-0.15, -0.1) is 0 Å². The van der Waals surface area contributed by atoms with E-state index in [9.17, 15) is 4.39 Å². The van der Waals surface area contributed by atoms with Gasteiger partial charge in [-0.3, -0.25) is 0 Å². The van der Waals surface area contributed by atoms with Gasteiger partial charge in [-0.2, -0.15) is 0 Å². The summed E-state index contributed by atoms with van der Waals surface area (Å²) in [5.41, 5.74) is 13.5. The Morgan fingerprint density at radius 1 is 1.33 bits per heavy atom. The fourth-order valence-corrected chi connectivity index (χ4v) is 2.25. The van der Waals surface area contributed by atoms with Crippen LogP contribution in [0.4, 0.5) is 10.1 Å². The number of aliphatic imine (C=N–C) groups is 1. The van der Waals surface area contributed by atoms with E-state index in [1.165, 1.54) is 24.5 Å². The minimum absolute atomic E-state index is 0.00662. The van der Waals surface area contributed by atoms with Gasteiger partial charge >= 0.3 is 0 Å². The second-order valence-corrected chi connectivity index (χ2v) is 5.89. The molecule has 0 spiro atoms. The Morgan fingerprint density at radius 2 is 2.07 bits per heavy atom. The summed E-state index contributed by atoms with van der Waals surface area (Å²) in [4.78, 5) is 12.3. The van der Waals surface area contributed by atoms with E-state index in [0.29, 0.717) is 41.6 Å². The standard InChI is InChI=1S/C18H21ClFN7/c1-12(27-14-3-4-17(20)16(19)7-14)26-10-15(13-8-23-11-24-9-13)18(22)25-6-2-5-21/h3-4,7-11,25,27H,1-2,5-6,21-22H2/b18-15-,26-10-. The van der Waals surface area contributed by atoms with Gasteiger partial charge in [-0.25, -0.2) is 19.4 Å². The number of nitrogens with zero attached hydrogens (tertiary/aromatic N) is 3. The van der Waals surface area contributed by atoms with Crippen LogP contribution in [-0.4, -0.2) is 29.3 Å². The van der Waals surface area contributed by atoms with Crippen molar-refractivity contribution in [1.29, 1.82) is 0 Å². The smallest absolute Gasteiger partial charge is 0.141 e. The van der Waals surface area contributed by atoms with Crippen LogP contribution in [0.15, 0.2) is 60.1 Å². The largest absolute Gasteiger partial charge is 0.385 e. The van der Waals surface area contributed by atoms with E-state index in [2.05, 4.69) is 32.2 Å². The first-order valence-corrected chi connectivity index (χ1v) is 8.53. The van der Waals surface area contributed by atoms with Crippen molar-refractivity contribution < 1.29 is 4.39 Å². The third-order valence-corrected chi connectivity index (χ3v) is 3.71. The Labute approximate surface area is 162 Å². The van der Waals surface area contributed by atoms with E-state index in [1.807, 2.05) is 0 Å². The van der Waals surface area contributed by atoms with Gasteiger partial charge in [0.05, 0.1) is 5.02 Å². The Hall–Kier alpha value is -2.97. The highest BCUT2D eigenvalue weighted by Gasteiger charge is 2.06. The van der Waals surface area contributed by atoms with Crippen molar-refractivity contribution in [3.05, 3.63) is 71.5 Å². The van der Waals surface area contributed by atoms with Gasteiger partial charge in [0.1, 0.15) is 23.8 Å². The number of hydrogen-bond donors (Lipinski definition) is 4. The molecule has 0 fully saturated rings. The first-order valence-electron chi connectivity index (χ1n) is 8.15. The number of nitrogens with one attached hydrogen (secondary N) is 2. The van der Waals surface area contributed by atoms with E-state index in [1.54, 1.807) is 18.6 Å². The van der Waals surface area contributed by atoms with Crippen molar-refractivity contribution in [3.63, 3.8) is 0 Å². The topological polar surface area (TPSA) is 114 Å². The summed E-state index contributed by atoms with van der Waals surface area (Å²) in [5.74, 6) is 0.239. The summed E-state index contributed by atoms with van der Waals surface area (Å²) in [6, 6.07) is 4.24. The van der Waals surface area contributed by atoms with E-state index in [4.69, 9.17) is 23.1 Å². The maximum atomic E-state index is 13.2. The van der Waals surface area contributed by atoms with Gasteiger partial charge in [0.15, 0.2) is 0 Å². The molecule has 7 nitrogen and oxygen atoms in total. The van der Waals surface area contributed by atoms with E-state index >= 15 is 0 Å². The SMILES string of the molecule is C=C(/N=C\C(=C(/N)NCCCN)c1cncnc1)Nc1ccc(F)c(Cl)c1. The van der Waals surface area contributed by atoms with Gasteiger partial charge in [0.25, 0.3) is 0 Å². The molecule has 0 aliphatic rings. The van der Waals surface area contributed by atoms with Gasteiger partial charge in [0, 0.05) is 42.0 Å². The molecule has 2 aromatic rings. The molecule has 0 atom stereocenters. The van der Waals surface area contributed by atoms with Crippen molar-refractivity contribution in [2.45, 2.75) is 6.42 Å². The molecule has 6 N–H and O–H groups in total. The van der Waals surface area contributed by atoms with E-state index in [0.717, 1.165) is 6.42 Å². The molecule has 0 aliphatic carbocycles. The Kier molecular flexibility index (Phi) is 7.72. The molecule has 0 saturated heterocycles. The number of benzene rings is 1. The molecule has 0 bridgehead atoms. The number of rotatable bonds is 9. The average molecular weight is 390 g/mol. The second-order valence-electron chi connectivity index (χ2n) is 5.48. The van der Waals surface area contributed by atoms with Gasteiger partial charge < -0.3 is 22.1 Å². The monoisotopic (exact) mass is 389 g/mol. The van der Waals surface area contributed by atoms with Gasteiger partial charge in [-0.05, 0) is 31.2 Å². The van der Waals surface area contributed by atoms with Crippen molar-refractivity contribution >= 4 is 29.1 Å². The van der Waals surface area contributed by atoms with Gasteiger partial charge in [0.2, 0.25) is 0 Å². The lowest BCUT2D eigenvalue weighted by molar-refractivity contribution is 0.628. The maximum Gasteiger partial charge on any atom is 0.141 e. The van der Waals surface area contributed by atoms with Crippen molar-refractivity contribution in [2.75, 3.05) is 18.4 Å². The summed E-state index contributed by atoms with van der Waals surface area (Å²) < 4.78 is 13.2. The molecule has 0 saturated carbocycles. The summed E-state index contributed by atoms with van der Waals surface area (Å²) in [6.45, 7) is 5.01. The zero-order valence-corrected chi connectivity index (χ0v) is 15.4. The Morgan fingerprint density at radius 3 is 2.74 bits per heavy atom. The molecule has 27 heavy (non-hydrogen) atoms. The van der Waals surface area contributed by atoms with Crippen LogP contribution in [-0.2, 0) is 0 Å². The number of halogens is 2. The fourth-order valence-electron chi connectivity index (χ4n) is 2.07. The van der Waals surface area contributed by atoms with Crippen LogP contribution in [0.3, 0.4) is 0 Å². The molecule has 0 aliphatic heterocycles. The molecule has 0 radical (unpaired) electrons. The lowest BCUT2D eigenvalue weighted by atomic mass is 10.1. The quantitative estimate of drug-likeness (QED) is 0.387. The lowest BCUT2D eigenvalue weighted by Crippen LogP contribution is -2.25. The van der Waals surface area contributed by atoms with Gasteiger partial charge in [-0.1, -0.05) is 18.2 Å². The van der Waals surface area contributed by atoms with Crippen LogP contribution < -0.4 is 22.1 Å². The van der Waals surface area contributed by atoms with Crippen LogP contribution in [0.2, 0.25) is 5.02 Å². The summed E-state index contributed by atoms with van der Waals surface area (Å²) in [5, 5.41) is 6.03. The number of allylic oxidation sites excluding steroid dienone is 1. The van der Waals surface area contributed by atoms with Crippen LogP contribution >= 0.6 is 11.6 Å². The molecule has 1 heterocycles. The molecule has 1 aromatic carbocycles. The molecule has 0 amide bonds. The Bertz CT molecular complexity index is 837. The van der Waals surface area contributed by atoms with E-state index in [-0.39, 0.29) is 5.02 Å². The highest BCUT2D eigenvalue weighted by atomic mass is 35.5. The third-order valence-electron chi connectivity index (χ3n) is 3.42. The minimum Gasteiger partial charge on any atom is -0.385 e. The first kappa shape index (κ1) is 20.3. The zero-order chi connectivity index (χ0) is 19.6. The molecule has 0 unspecified atom stereocenters. The molecular weight excluding hydrogens is 369 g/mol. The van der Waals surface area contributed by atoms with E-state index < -0.39 is 5.82 Å². The average Bonchev–Trinajstić information content (AvgIpc) is 2.66. The van der Waals surface area contributed by atoms with Crippen LogP contribution in [0.25, 0.3) is 5.57 Å². The second kappa shape index (κ2) is 10.2. The predicted molar refractivity (Wildman–Crippen MR) is 107 cm³/mol. The maximum absolute atomic E-state index is 13.2. The summed E-state index contributed by atoms with van der Waals surface area (Å²) in [7, 11) is 0. The van der Waals surface area contributed by atoms with Crippen LogP contribution in [0, 0.1) is 5.82 Å². The van der Waals surface area contributed by atoms with Crippen molar-refractivity contribution in [2.24, 2.45) is 16.5 Å². The number of hydrogen-bond acceptors (Lipinski definition) is 7. The molecule has 1 aromatic heterocycles. The summed E-state index contributed by atoms with van der Waals surface area (Å²) >= 11 is 5.77. The zero-order valence-electron chi connectivity index (χ0n) is 14.6. The van der Waals surface area contributed by atoms with Crippen LogP contribution in [0.1, 0.15) is 12.0 Å². The Balaban J connectivity index is 2.16. The number of nitrogens with two attached hydrogens (primary N) is 2. The normalized spacial score (nSPS) is 12.0. The molecule has 142 valence electrons. The van der Waals surface area contributed by atoms with Crippen molar-refractivity contribution in [3.8, 4) is 0 Å². The lowest BCUT2D eigenvalue weighted by Gasteiger charge is -2.11. The van der Waals surface area contributed by atoms with Crippen molar-refractivity contribution in [1.82, 2.24) is 15.3 Å². The first-order chi connectivity index (χ1) is 13.0. The predicted octanol–water partition coefficient (Wildman–Crippen LogP) is 2.49. The number of anilines is 1. The number of aromatic nitrogens is 2. The summed E-state index contributed by atoms with van der Waals surface area (Å²) in [6.07, 6.45) is 7.00.